The number of oxime groups is 1. The molecule has 4 rings (SSSR count). The number of benzene rings is 2. The van der Waals surface area contributed by atoms with E-state index >= 15 is 0 Å². The summed E-state index contributed by atoms with van der Waals surface area (Å²) in [6, 6.07) is 14.5. The number of amides is 2. The van der Waals surface area contributed by atoms with Gasteiger partial charge in [0, 0.05) is 34.3 Å². The van der Waals surface area contributed by atoms with Crippen molar-refractivity contribution in [1.82, 2.24) is 0 Å². The Morgan fingerprint density at radius 1 is 0.774 bits per heavy atom. The van der Waals surface area contributed by atoms with Crippen LogP contribution in [-0.2, 0) is 9.59 Å². The summed E-state index contributed by atoms with van der Waals surface area (Å²) in [5.74, 6) is 0.209. The van der Waals surface area contributed by atoms with Gasteiger partial charge in [0.2, 0.25) is 11.8 Å². The fourth-order valence-electron chi connectivity index (χ4n) is 3.99. The molecular weight excluding hydrogens is 390 g/mol. The van der Waals surface area contributed by atoms with Crippen LogP contribution in [0.5, 0.6) is 0 Å². The number of hydrogen-bond donors (Lipinski definition) is 3. The zero-order valence-corrected chi connectivity index (χ0v) is 18.4. The second-order valence-electron chi connectivity index (χ2n) is 10.1. The van der Waals surface area contributed by atoms with Gasteiger partial charge in [0.15, 0.2) is 0 Å². The summed E-state index contributed by atoms with van der Waals surface area (Å²) >= 11 is 0. The number of nitrogens with zero attached hydrogens (tertiary/aromatic N) is 1. The molecule has 2 atom stereocenters. The highest BCUT2D eigenvalue weighted by molar-refractivity contribution is 6.13. The topological polar surface area (TPSA) is 90.8 Å². The van der Waals surface area contributed by atoms with Crippen LogP contribution in [0.3, 0.4) is 0 Å². The van der Waals surface area contributed by atoms with E-state index in [2.05, 4.69) is 43.5 Å². The number of carbonyl (C=O) groups is 2. The second kappa shape index (κ2) is 7.52. The Balaban J connectivity index is 1.40. The van der Waals surface area contributed by atoms with Gasteiger partial charge in [0.25, 0.3) is 0 Å². The smallest absolute Gasteiger partial charge is 0.228 e. The molecule has 2 unspecified atom stereocenters. The highest BCUT2D eigenvalue weighted by atomic mass is 16.4. The first kappa shape index (κ1) is 21.1. The first-order valence-corrected chi connectivity index (χ1v) is 10.7. The third-order valence-corrected chi connectivity index (χ3v) is 6.61. The van der Waals surface area contributed by atoms with E-state index in [9.17, 15) is 14.8 Å². The Kier molecular flexibility index (Phi) is 5.12. The van der Waals surface area contributed by atoms with Gasteiger partial charge in [-0.3, -0.25) is 9.59 Å². The van der Waals surface area contributed by atoms with Gasteiger partial charge in [-0.05, 0) is 47.9 Å². The lowest BCUT2D eigenvalue weighted by Gasteiger charge is -2.10. The molecule has 2 amide bonds. The van der Waals surface area contributed by atoms with E-state index < -0.39 is 0 Å². The predicted octanol–water partition coefficient (Wildman–Crippen LogP) is 4.88. The summed E-state index contributed by atoms with van der Waals surface area (Å²) in [6.45, 7) is 8.36. The molecule has 2 fully saturated rings. The molecule has 0 aliphatic heterocycles. The minimum absolute atomic E-state index is 0.0426. The molecule has 2 aromatic carbocycles. The molecule has 2 saturated carbocycles. The van der Waals surface area contributed by atoms with Crippen LogP contribution in [0.4, 0.5) is 11.4 Å². The predicted molar refractivity (Wildman–Crippen MR) is 121 cm³/mol. The number of carbonyl (C=O) groups excluding carboxylic acids is 2. The average Bonchev–Trinajstić information content (AvgIpc) is 3.58. The molecule has 2 aliphatic carbocycles. The van der Waals surface area contributed by atoms with Gasteiger partial charge in [-0.1, -0.05) is 57.1 Å². The second-order valence-corrected chi connectivity index (χ2v) is 10.1. The van der Waals surface area contributed by atoms with Crippen molar-refractivity contribution in [3.8, 4) is 0 Å². The Bertz CT molecular complexity index is 955. The maximum absolute atomic E-state index is 12.3. The van der Waals surface area contributed by atoms with Crippen LogP contribution in [0.2, 0.25) is 0 Å². The van der Waals surface area contributed by atoms with Gasteiger partial charge in [-0.2, -0.15) is 0 Å². The molecule has 2 aliphatic rings. The van der Waals surface area contributed by atoms with E-state index in [1.165, 1.54) is 0 Å². The third-order valence-electron chi connectivity index (χ3n) is 6.61. The molecule has 2 aromatic rings. The van der Waals surface area contributed by atoms with Gasteiger partial charge in [-0.25, -0.2) is 0 Å². The summed E-state index contributed by atoms with van der Waals surface area (Å²) in [5.41, 5.74) is 3.47. The highest BCUT2D eigenvalue weighted by Crippen LogP contribution is 2.52. The summed E-state index contributed by atoms with van der Waals surface area (Å²) in [6.07, 6.45) is 1.82. The molecular formula is C25H29N3O3. The van der Waals surface area contributed by atoms with E-state index in [4.69, 9.17) is 0 Å². The fourth-order valence-corrected chi connectivity index (χ4v) is 3.99. The minimum atomic E-state index is 0.0426. The normalized spacial score (nSPS) is 22.2. The van der Waals surface area contributed by atoms with Crippen LogP contribution in [0.25, 0.3) is 0 Å². The summed E-state index contributed by atoms with van der Waals surface area (Å²) in [5, 5.41) is 18.9. The van der Waals surface area contributed by atoms with Crippen molar-refractivity contribution in [1.29, 1.82) is 0 Å². The van der Waals surface area contributed by atoms with E-state index in [1.807, 2.05) is 24.3 Å². The fraction of sp³-hybridized carbons (Fsp3) is 0.400. The lowest BCUT2D eigenvalue weighted by Crippen LogP contribution is -2.16. The molecule has 3 N–H and O–H groups in total. The number of anilines is 2. The molecule has 0 radical (unpaired) electrons. The molecule has 0 spiro atoms. The Hall–Kier alpha value is -3.15. The Morgan fingerprint density at radius 2 is 1.10 bits per heavy atom. The van der Waals surface area contributed by atoms with Crippen LogP contribution < -0.4 is 10.6 Å². The molecule has 0 heterocycles. The number of nitrogens with one attached hydrogen (secondary N) is 2. The van der Waals surface area contributed by atoms with Gasteiger partial charge < -0.3 is 15.8 Å². The lowest BCUT2D eigenvalue weighted by molar-refractivity contribution is -0.118. The maximum atomic E-state index is 12.3. The molecule has 6 heteroatoms. The van der Waals surface area contributed by atoms with Crippen LogP contribution in [0, 0.1) is 22.7 Å². The summed E-state index contributed by atoms with van der Waals surface area (Å²) in [4.78, 5) is 24.5. The zero-order chi connectivity index (χ0) is 22.4. The molecule has 0 bridgehead atoms. The van der Waals surface area contributed by atoms with Crippen molar-refractivity contribution in [2.75, 3.05) is 10.6 Å². The Morgan fingerprint density at radius 3 is 1.35 bits per heavy atom. The van der Waals surface area contributed by atoms with Crippen LogP contribution in [-0.4, -0.2) is 22.7 Å². The van der Waals surface area contributed by atoms with E-state index in [0.29, 0.717) is 5.71 Å². The van der Waals surface area contributed by atoms with Crippen molar-refractivity contribution >= 4 is 28.9 Å². The molecule has 0 aromatic heterocycles. The van der Waals surface area contributed by atoms with Gasteiger partial charge in [0.05, 0.1) is 0 Å². The van der Waals surface area contributed by atoms with Crippen molar-refractivity contribution in [2.24, 2.45) is 27.8 Å². The lowest BCUT2D eigenvalue weighted by atomic mass is 10.0. The first-order valence-electron chi connectivity index (χ1n) is 10.7. The molecule has 31 heavy (non-hydrogen) atoms. The maximum Gasteiger partial charge on any atom is 0.228 e. The van der Waals surface area contributed by atoms with E-state index in [1.54, 1.807) is 24.3 Å². The van der Waals surface area contributed by atoms with Crippen molar-refractivity contribution in [3.05, 3.63) is 59.7 Å². The molecule has 0 saturated heterocycles. The zero-order valence-electron chi connectivity index (χ0n) is 18.4. The van der Waals surface area contributed by atoms with Gasteiger partial charge >= 0.3 is 0 Å². The third kappa shape index (κ3) is 4.48. The standard InChI is InChI=1S/C25H29N3O3/c1-24(2)13-19(24)22(29)26-17-9-5-15(6-10-17)21(28-31)16-7-11-18(12-8-16)27-23(30)20-14-25(20,3)4/h5-12,19-20,31H,13-14H2,1-4H3,(H,26,29)(H,27,30). The van der Waals surface area contributed by atoms with Crippen molar-refractivity contribution in [2.45, 2.75) is 40.5 Å². The summed E-state index contributed by atoms with van der Waals surface area (Å²) < 4.78 is 0. The van der Waals surface area contributed by atoms with Crippen LogP contribution in [0.1, 0.15) is 51.7 Å². The van der Waals surface area contributed by atoms with Gasteiger partial charge in [0.1, 0.15) is 5.71 Å². The first-order chi connectivity index (χ1) is 14.6. The average molecular weight is 420 g/mol. The molecule has 162 valence electrons. The van der Waals surface area contributed by atoms with Crippen molar-refractivity contribution < 1.29 is 14.8 Å². The van der Waals surface area contributed by atoms with Gasteiger partial charge in [-0.15, -0.1) is 0 Å². The van der Waals surface area contributed by atoms with Crippen LogP contribution >= 0.6 is 0 Å². The SMILES string of the molecule is CC1(C)CC1C(=O)Nc1ccc(C(=NO)c2ccc(NC(=O)C3CC3(C)C)cc2)cc1. The summed E-state index contributed by atoms with van der Waals surface area (Å²) in [7, 11) is 0. The monoisotopic (exact) mass is 419 g/mol. The Labute approximate surface area is 182 Å². The minimum Gasteiger partial charge on any atom is -0.410 e. The van der Waals surface area contributed by atoms with Crippen molar-refractivity contribution in [3.63, 3.8) is 0 Å². The quantitative estimate of drug-likeness (QED) is 0.354. The molecule has 6 nitrogen and oxygen atoms in total. The van der Waals surface area contributed by atoms with Crippen LogP contribution in [0.15, 0.2) is 53.7 Å². The number of hydrogen-bond acceptors (Lipinski definition) is 4. The van der Waals surface area contributed by atoms with E-state index in [-0.39, 0.29) is 34.5 Å². The van der Waals surface area contributed by atoms with E-state index in [0.717, 1.165) is 35.3 Å². The number of rotatable bonds is 6. The largest absolute Gasteiger partial charge is 0.410 e. The highest BCUT2D eigenvalue weighted by Gasteiger charge is 2.51.